The predicted molar refractivity (Wildman–Crippen MR) is 86.2 cm³/mol. The van der Waals surface area contributed by atoms with E-state index in [1.165, 1.54) is 0 Å². The molecule has 2 rings (SSSR count). The molecule has 0 unspecified atom stereocenters. The zero-order valence-electron chi connectivity index (χ0n) is 13.0. The minimum atomic E-state index is -0.218. The van der Waals surface area contributed by atoms with Crippen LogP contribution < -0.4 is 10.6 Å². The van der Waals surface area contributed by atoms with Crippen LogP contribution in [0.2, 0.25) is 0 Å². The highest BCUT2D eigenvalue weighted by Gasteiger charge is 2.18. The van der Waals surface area contributed by atoms with Crippen LogP contribution in [0.3, 0.4) is 0 Å². The zero-order chi connectivity index (χ0) is 15.2. The Bertz CT molecular complexity index is 608. The van der Waals surface area contributed by atoms with Gasteiger partial charge in [0.05, 0.1) is 11.8 Å². The molecule has 2 heterocycles. The molecule has 0 fully saturated rings. The lowest BCUT2D eigenvalue weighted by atomic mass is 10.3. The smallest absolute Gasteiger partial charge is 0.273 e. The number of aryl methyl sites for hydroxylation is 2. The van der Waals surface area contributed by atoms with Crippen molar-refractivity contribution in [1.29, 1.82) is 0 Å². The first kappa shape index (κ1) is 18.2. The summed E-state index contributed by atoms with van der Waals surface area (Å²) >= 11 is 0. The first-order chi connectivity index (χ1) is 10.1. The maximum Gasteiger partial charge on any atom is 0.273 e. The zero-order valence-corrected chi connectivity index (χ0v) is 13.9. The van der Waals surface area contributed by atoms with E-state index in [-0.39, 0.29) is 18.3 Å². The molecule has 0 aliphatic rings. The number of amides is 1. The summed E-state index contributed by atoms with van der Waals surface area (Å²) in [6.07, 6.45) is 4.52. The third kappa shape index (κ3) is 4.57. The van der Waals surface area contributed by atoms with Gasteiger partial charge in [0.2, 0.25) is 5.89 Å². The number of halogens is 1. The van der Waals surface area contributed by atoms with Crippen molar-refractivity contribution in [3.8, 4) is 11.5 Å². The van der Waals surface area contributed by atoms with Crippen molar-refractivity contribution in [3.05, 3.63) is 23.8 Å². The van der Waals surface area contributed by atoms with Crippen molar-refractivity contribution in [2.45, 2.75) is 20.3 Å². The molecule has 0 saturated carbocycles. The molecule has 1 amide bonds. The number of rotatable bonds is 7. The Hall–Kier alpha value is -1.86. The normalized spacial score (nSPS) is 10.3. The minimum absolute atomic E-state index is 0. The van der Waals surface area contributed by atoms with Crippen molar-refractivity contribution in [2.75, 3.05) is 19.6 Å². The molecule has 122 valence electrons. The van der Waals surface area contributed by atoms with Gasteiger partial charge in [-0.25, -0.2) is 4.98 Å². The van der Waals surface area contributed by atoms with Crippen LogP contribution in [0.4, 0.5) is 0 Å². The summed E-state index contributed by atoms with van der Waals surface area (Å²) in [5.74, 6) is 0.701. The maximum atomic E-state index is 12.1. The lowest BCUT2D eigenvalue weighted by Crippen LogP contribution is -2.32. The molecule has 0 saturated heterocycles. The topological polar surface area (TPSA) is 85.0 Å². The third-order valence-corrected chi connectivity index (χ3v) is 2.98. The average molecular weight is 328 g/mol. The van der Waals surface area contributed by atoms with Crippen LogP contribution in [0.5, 0.6) is 0 Å². The van der Waals surface area contributed by atoms with E-state index in [1.54, 1.807) is 24.0 Å². The molecule has 0 aromatic carbocycles. The van der Waals surface area contributed by atoms with Crippen LogP contribution in [0, 0.1) is 6.92 Å². The fourth-order valence-electron chi connectivity index (χ4n) is 1.91. The van der Waals surface area contributed by atoms with E-state index < -0.39 is 0 Å². The maximum absolute atomic E-state index is 12.1. The summed E-state index contributed by atoms with van der Waals surface area (Å²) in [4.78, 5) is 16.3. The predicted octanol–water partition coefficient (Wildman–Crippen LogP) is 1.53. The largest absolute Gasteiger partial charge is 0.440 e. The summed E-state index contributed by atoms with van der Waals surface area (Å²) in [7, 11) is 1.82. The van der Waals surface area contributed by atoms with Crippen molar-refractivity contribution in [1.82, 2.24) is 25.4 Å². The highest BCUT2D eigenvalue weighted by molar-refractivity contribution is 5.93. The van der Waals surface area contributed by atoms with Crippen LogP contribution >= 0.6 is 12.4 Å². The second-order valence-electron chi connectivity index (χ2n) is 4.83. The summed E-state index contributed by atoms with van der Waals surface area (Å²) in [6, 6.07) is 0. The Morgan fingerprint density at radius 3 is 2.77 bits per heavy atom. The Kier molecular flexibility index (Phi) is 7.07. The lowest BCUT2D eigenvalue weighted by Gasteiger charge is -2.04. The number of carbonyl (C=O) groups excluding carboxylic acids is 1. The summed E-state index contributed by atoms with van der Waals surface area (Å²) in [5.41, 5.74) is 1.08. The van der Waals surface area contributed by atoms with E-state index in [9.17, 15) is 4.79 Å². The van der Waals surface area contributed by atoms with Gasteiger partial charge in [-0.1, -0.05) is 6.92 Å². The van der Waals surface area contributed by atoms with Crippen LogP contribution in [0.15, 0.2) is 16.8 Å². The molecule has 0 atom stereocenters. The van der Waals surface area contributed by atoms with Gasteiger partial charge in [0.1, 0.15) is 5.76 Å². The van der Waals surface area contributed by atoms with Crippen LogP contribution in [-0.2, 0) is 7.05 Å². The van der Waals surface area contributed by atoms with E-state index >= 15 is 0 Å². The van der Waals surface area contributed by atoms with Crippen LogP contribution in [-0.4, -0.2) is 40.3 Å². The van der Waals surface area contributed by atoms with Crippen molar-refractivity contribution in [3.63, 3.8) is 0 Å². The van der Waals surface area contributed by atoms with Gasteiger partial charge < -0.3 is 15.1 Å². The number of hydrogen-bond acceptors (Lipinski definition) is 5. The van der Waals surface area contributed by atoms with Crippen LogP contribution in [0.1, 0.15) is 29.6 Å². The average Bonchev–Trinajstić information content (AvgIpc) is 3.04. The van der Waals surface area contributed by atoms with E-state index in [2.05, 4.69) is 27.6 Å². The number of carbonyl (C=O) groups is 1. The molecule has 8 heteroatoms. The molecule has 2 aromatic heterocycles. The number of oxazole rings is 1. The first-order valence-electron chi connectivity index (χ1n) is 7.07. The Labute approximate surface area is 135 Å². The Morgan fingerprint density at radius 1 is 1.36 bits per heavy atom. The molecule has 0 aliphatic carbocycles. The molecule has 0 bridgehead atoms. The van der Waals surface area contributed by atoms with E-state index in [4.69, 9.17) is 4.42 Å². The van der Waals surface area contributed by atoms with E-state index in [1.807, 2.05) is 7.05 Å². The van der Waals surface area contributed by atoms with Crippen molar-refractivity contribution >= 4 is 18.3 Å². The molecule has 7 nitrogen and oxygen atoms in total. The number of nitrogens with zero attached hydrogens (tertiary/aromatic N) is 3. The second kappa shape index (κ2) is 8.55. The fraction of sp³-hybridized carbons (Fsp3) is 0.500. The van der Waals surface area contributed by atoms with E-state index in [0.717, 1.165) is 25.1 Å². The molecule has 22 heavy (non-hydrogen) atoms. The standard InChI is InChI=1S/C14H21N5O2.ClH/c1-4-5-15-6-7-16-13(20)12-10(2)21-14(18-12)11-8-17-19(3)9-11;/h8-9,15H,4-7H2,1-3H3,(H,16,20);1H. The SMILES string of the molecule is CCCNCCNC(=O)c1nc(-c2cnn(C)c2)oc1C.Cl. The van der Waals surface area contributed by atoms with Gasteiger partial charge >= 0.3 is 0 Å². The Balaban J connectivity index is 0.00000242. The lowest BCUT2D eigenvalue weighted by molar-refractivity contribution is 0.0948. The highest BCUT2D eigenvalue weighted by atomic mass is 35.5. The minimum Gasteiger partial charge on any atom is -0.440 e. The number of nitrogens with one attached hydrogen (secondary N) is 2. The molecule has 0 radical (unpaired) electrons. The summed E-state index contributed by atoms with van der Waals surface area (Å²) < 4.78 is 7.20. The summed E-state index contributed by atoms with van der Waals surface area (Å²) in [6.45, 7) is 6.09. The van der Waals surface area contributed by atoms with Gasteiger partial charge in [0.25, 0.3) is 5.91 Å². The third-order valence-electron chi connectivity index (χ3n) is 2.98. The van der Waals surface area contributed by atoms with Gasteiger partial charge in [-0.15, -0.1) is 12.4 Å². The molecule has 0 spiro atoms. The second-order valence-corrected chi connectivity index (χ2v) is 4.83. The Morgan fingerprint density at radius 2 is 2.14 bits per heavy atom. The van der Waals surface area contributed by atoms with Gasteiger partial charge in [0.15, 0.2) is 5.69 Å². The fourth-order valence-corrected chi connectivity index (χ4v) is 1.91. The highest BCUT2D eigenvalue weighted by Crippen LogP contribution is 2.20. The van der Waals surface area contributed by atoms with Crippen LogP contribution in [0.25, 0.3) is 11.5 Å². The number of aromatic nitrogens is 3. The number of hydrogen-bond donors (Lipinski definition) is 2. The van der Waals surface area contributed by atoms with E-state index in [0.29, 0.717) is 23.9 Å². The monoisotopic (exact) mass is 327 g/mol. The molecular formula is C14H22ClN5O2. The van der Waals surface area contributed by atoms with Gasteiger partial charge in [-0.3, -0.25) is 9.48 Å². The van der Waals surface area contributed by atoms with Gasteiger partial charge in [0, 0.05) is 26.3 Å². The molecule has 2 aromatic rings. The first-order valence-corrected chi connectivity index (χ1v) is 7.07. The van der Waals surface area contributed by atoms with Gasteiger partial charge in [-0.2, -0.15) is 5.10 Å². The van der Waals surface area contributed by atoms with Crippen molar-refractivity contribution < 1.29 is 9.21 Å². The molecule has 2 N–H and O–H groups in total. The molecule has 0 aliphatic heterocycles. The quantitative estimate of drug-likeness (QED) is 0.753. The molecular weight excluding hydrogens is 306 g/mol. The summed E-state index contributed by atoms with van der Waals surface area (Å²) in [5, 5.41) is 10.1. The van der Waals surface area contributed by atoms with Crippen molar-refractivity contribution in [2.24, 2.45) is 7.05 Å². The van der Waals surface area contributed by atoms with Gasteiger partial charge in [-0.05, 0) is 19.9 Å².